The molecule has 0 bridgehead atoms. The number of aryl methyl sites for hydroxylation is 2. The van der Waals surface area contributed by atoms with E-state index in [1.54, 1.807) is 0 Å². The fourth-order valence-corrected chi connectivity index (χ4v) is 2.76. The van der Waals surface area contributed by atoms with E-state index in [0.29, 0.717) is 5.56 Å². The zero-order valence-corrected chi connectivity index (χ0v) is 14.3. The first-order valence-electron chi connectivity index (χ1n) is 6.32. The minimum Gasteiger partial charge on any atom is -0.322 e. The smallest absolute Gasteiger partial charge is 0.256 e. The summed E-state index contributed by atoms with van der Waals surface area (Å²) >= 11 is 6.83. The van der Waals surface area contributed by atoms with Gasteiger partial charge in [-0.15, -0.1) is 0 Å². The highest BCUT2D eigenvalue weighted by Crippen LogP contribution is 2.20. The topological polar surface area (TPSA) is 29.1 Å². The van der Waals surface area contributed by atoms with Gasteiger partial charge in [-0.05, 0) is 59.1 Å². The van der Waals surface area contributed by atoms with Crippen LogP contribution in [0, 0.1) is 6.92 Å². The van der Waals surface area contributed by atoms with Gasteiger partial charge in [0.05, 0.1) is 5.56 Å². The molecule has 2 aromatic carbocycles. The maximum absolute atomic E-state index is 12.2. The lowest BCUT2D eigenvalue weighted by Gasteiger charge is -2.08. The summed E-state index contributed by atoms with van der Waals surface area (Å²) in [4.78, 5) is 12.2. The van der Waals surface area contributed by atoms with Crippen molar-refractivity contribution < 1.29 is 4.79 Å². The summed E-state index contributed by atoms with van der Waals surface area (Å²) in [5.74, 6) is -0.103. The molecule has 2 rings (SSSR count). The van der Waals surface area contributed by atoms with E-state index in [2.05, 4.69) is 37.2 Å². The first-order chi connectivity index (χ1) is 9.60. The van der Waals surface area contributed by atoms with E-state index in [1.165, 1.54) is 5.56 Å². The van der Waals surface area contributed by atoms with Crippen LogP contribution in [-0.2, 0) is 6.42 Å². The average Bonchev–Trinajstić information content (AvgIpc) is 2.44. The van der Waals surface area contributed by atoms with Crippen LogP contribution in [0.25, 0.3) is 0 Å². The van der Waals surface area contributed by atoms with Crippen LogP contribution in [0.1, 0.15) is 21.5 Å². The van der Waals surface area contributed by atoms with Crippen molar-refractivity contribution in [2.75, 3.05) is 10.6 Å². The van der Waals surface area contributed by atoms with Crippen LogP contribution in [0.15, 0.2) is 46.9 Å². The molecule has 20 heavy (non-hydrogen) atoms. The number of benzene rings is 2. The summed E-state index contributed by atoms with van der Waals surface area (Å²) in [6, 6.07) is 13.7. The number of nitrogens with one attached hydrogen (secondary N) is 1. The number of alkyl halides is 1. The van der Waals surface area contributed by atoms with Crippen LogP contribution in [-0.4, -0.2) is 11.2 Å². The van der Waals surface area contributed by atoms with Crippen molar-refractivity contribution >= 4 is 43.5 Å². The van der Waals surface area contributed by atoms with Crippen LogP contribution in [0.4, 0.5) is 5.69 Å². The van der Waals surface area contributed by atoms with E-state index in [9.17, 15) is 4.79 Å². The lowest BCUT2D eigenvalue weighted by atomic mass is 10.1. The van der Waals surface area contributed by atoms with Gasteiger partial charge in [0.1, 0.15) is 0 Å². The summed E-state index contributed by atoms with van der Waals surface area (Å²) in [6.45, 7) is 1.97. The highest BCUT2D eigenvalue weighted by Gasteiger charge is 2.10. The van der Waals surface area contributed by atoms with Gasteiger partial charge in [0, 0.05) is 15.5 Å². The van der Waals surface area contributed by atoms with Gasteiger partial charge in [-0.1, -0.05) is 39.7 Å². The van der Waals surface area contributed by atoms with E-state index in [-0.39, 0.29) is 5.91 Å². The van der Waals surface area contributed by atoms with Gasteiger partial charge < -0.3 is 5.32 Å². The molecule has 1 amide bonds. The van der Waals surface area contributed by atoms with Crippen molar-refractivity contribution in [3.8, 4) is 0 Å². The number of hydrogen-bond acceptors (Lipinski definition) is 1. The minimum atomic E-state index is -0.103. The van der Waals surface area contributed by atoms with E-state index in [4.69, 9.17) is 0 Å². The Hall–Kier alpha value is -1.13. The monoisotopic (exact) mass is 395 g/mol. The first-order valence-corrected chi connectivity index (χ1v) is 8.24. The van der Waals surface area contributed by atoms with Crippen molar-refractivity contribution in [3.05, 3.63) is 63.6 Å². The Morgan fingerprint density at radius 1 is 1.15 bits per heavy atom. The average molecular weight is 397 g/mol. The molecule has 1 N–H and O–H groups in total. The number of anilines is 1. The molecular weight excluding hydrogens is 382 g/mol. The SMILES string of the molecule is Cc1ccc(Br)c(C(=O)Nc2ccc(CCBr)cc2)c1. The van der Waals surface area contributed by atoms with Crippen molar-refractivity contribution in [2.45, 2.75) is 13.3 Å². The van der Waals surface area contributed by atoms with Crippen LogP contribution < -0.4 is 5.32 Å². The molecule has 0 aliphatic heterocycles. The summed E-state index contributed by atoms with van der Waals surface area (Å²) in [5, 5.41) is 3.85. The first kappa shape index (κ1) is 15.3. The Labute approximate surface area is 135 Å². The Morgan fingerprint density at radius 2 is 1.85 bits per heavy atom. The summed E-state index contributed by atoms with van der Waals surface area (Å²) in [7, 11) is 0. The second-order valence-corrected chi connectivity index (χ2v) is 6.22. The number of carbonyl (C=O) groups is 1. The second kappa shape index (κ2) is 7.04. The minimum absolute atomic E-state index is 0.103. The summed E-state index contributed by atoms with van der Waals surface area (Å²) in [5.41, 5.74) is 3.76. The predicted molar refractivity (Wildman–Crippen MR) is 90.8 cm³/mol. The number of carbonyl (C=O) groups excluding carboxylic acids is 1. The van der Waals surface area contributed by atoms with Gasteiger partial charge in [-0.2, -0.15) is 0 Å². The molecule has 2 aromatic rings. The lowest BCUT2D eigenvalue weighted by Crippen LogP contribution is -2.12. The van der Waals surface area contributed by atoms with E-state index in [0.717, 1.165) is 27.5 Å². The molecule has 0 saturated heterocycles. The molecule has 104 valence electrons. The molecule has 0 atom stereocenters. The molecule has 2 nitrogen and oxygen atoms in total. The molecule has 0 aromatic heterocycles. The van der Waals surface area contributed by atoms with E-state index in [1.807, 2.05) is 49.4 Å². The van der Waals surface area contributed by atoms with E-state index >= 15 is 0 Å². The van der Waals surface area contributed by atoms with Crippen LogP contribution >= 0.6 is 31.9 Å². The third-order valence-corrected chi connectivity index (χ3v) is 4.05. The summed E-state index contributed by atoms with van der Waals surface area (Å²) < 4.78 is 0.802. The van der Waals surface area contributed by atoms with Crippen LogP contribution in [0.3, 0.4) is 0 Å². The zero-order chi connectivity index (χ0) is 14.5. The molecule has 0 aliphatic carbocycles. The number of hydrogen-bond donors (Lipinski definition) is 1. The molecule has 0 fully saturated rings. The third-order valence-electron chi connectivity index (χ3n) is 2.96. The fourth-order valence-electron chi connectivity index (χ4n) is 1.88. The highest BCUT2D eigenvalue weighted by atomic mass is 79.9. The Bertz CT molecular complexity index is 608. The van der Waals surface area contributed by atoms with Gasteiger partial charge >= 0.3 is 0 Å². The van der Waals surface area contributed by atoms with Crippen molar-refractivity contribution in [3.63, 3.8) is 0 Å². The number of rotatable bonds is 4. The second-order valence-electron chi connectivity index (χ2n) is 4.57. The van der Waals surface area contributed by atoms with Gasteiger partial charge in [0.15, 0.2) is 0 Å². The lowest BCUT2D eigenvalue weighted by molar-refractivity contribution is 0.102. The molecule has 0 aliphatic rings. The highest BCUT2D eigenvalue weighted by molar-refractivity contribution is 9.10. The molecular formula is C16H15Br2NO. The van der Waals surface area contributed by atoms with Crippen LogP contribution in [0.2, 0.25) is 0 Å². The molecule has 0 saturated carbocycles. The van der Waals surface area contributed by atoms with Gasteiger partial charge in [-0.25, -0.2) is 0 Å². The van der Waals surface area contributed by atoms with E-state index < -0.39 is 0 Å². The van der Waals surface area contributed by atoms with Crippen LogP contribution in [0.5, 0.6) is 0 Å². The van der Waals surface area contributed by atoms with Gasteiger partial charge in [0.25, 0.3) is 5.91 Å². The van der Waals surface area contributed by atoms with Gasteiger partial charge in [0.2, 0.25) is 0 Å². The molecule has 0 radical (unpaired) electrons. The number of amides is 1. The molecule has 0 unspecified atom stereocenters. The molecule has 0 spiro atoms. The quantitative estimate of drug-likeness (QED) is 0.728. The maximum Gasteiger partial charge on any atom is 0.256 e. The Morgan fingerprint density at radius 3 is 2.50 bits per heavy atom. The van der Waals surface area contributed by atoms with Crippen molar-refractivity contribution in [2.24, 2.45) is 0 Å². The van der Waals surface area contributed by atoms with Gasteiger partial charge in [-0.3, -0.25) is 4.79 Å². The normalized spacial score (nSPS) is 10.3. The largest absolute Gasteiger partial charge is 0.322 e. The zero-order valence-electron chi connectivity index (χ0n) is 11.1. The maximum atomic E-state index is 12.2. The standard InChI is InChI=1S/C16H15Br2NO/c1-11-2-7-15(18)14(10-11)16(20)19-13-5-3-12(4-6-13)8-9-17/h2-7,10H,8-9H2,1H3,(H,19,20). The fraction of sp³-hybridized carbons (Fsp3) is 0.188. The predicted octanol–water partition coefficient (Wildman–Crippen LogP) is 4.95. The Balaban J connectivity index is 2.13. The molecule has 4 heteroatoms. The third kappa shape index (κ3) is 3.93. The number of halogens is 2. The van der Waals surface area contributed by atoms with Crippen molar-refractivity contribution in [1.82, 2.24) is 0 Å². The molecule has 0 heterocycles. The van der Waals surface area contributed by atoms with Crippen molar-refractivity contribution in [1.29, 1.82) is 0 Å². The summed E-state index contributed by atoms with van der Waals surface area (Å²) in [6.07, 6.45) is 0.984. The Kier molecular flexibility index (Phi) is 5.38.